The molecule has 0 saturated carbocycles. The van der Waals surface area contributed by atoms with Crippen LogP contribution in [0.25, 0.3) is 32.3 Å². The Bertz CT molecular complexity index is 3380. The maximum atomic E-state index is 7.63. The number of methoxy groups -OCH3 is 2. The summed E-state index contributed by atoms with van der Waals surface area (Å²) in [6.07, 6.45) is -0.427. The third kappa shape index (κ3) is 8.21. The number of ether oxygens (including phenoxy) is 9. The molecule has 2 aliphatic heterocycles. The van der Waals surface area contributed by atoms with Crippen LogP contribution in [0.2, 0.25) is 0 Å². The minimum absolute atomic E-state index is 0.222. The number of benzene rings is 9. The molecule has 4 unspecified atom stereocenters. The van der Waals surface area contributed by atoms with Gasteiger partial charge in [0, 0.05) is 37.3 Å². The monoisotopic (exact) mass is 972 g/mol. The lowest BCUT2D eigenvalue weighted by Crippen LogP contribution is -2.41. The van der Waals surface area contributed by atoms with Crippen LogP contribution in [-0.4, -0.2) is 47.3 Å². The minimum Gasteiger partial charge on any atom is -0.493 e. The van der Waals surface area contributed by atoms with Gasteiger partial charge in [-0.1, -0.05) is 170 Å². The first-order valence-corrected chi connectivity index (χ1v) is 25.4. The van der Waals surface area contributed by atoms with Crippen molar-refractivity contribution < 1.29 is 42.6 Å². The molecule has 2 aliphatic rings. The van der Waals surface area contributed by atoms with E-state index in [2.05, 4.69) is 103 Å². The van der Waals surface area contributed by atoms with Crippen LogP contribution >= 0.6 is 0 Å². The van der Waals surface area contributed by atoms with Gasteiger partial charge in [0.1, 0.15) is 23.4 Å². The highest BCUT2D eigenvalue weighted by Crippen LogP contribution is 2.56. The van der Waals surface area contributed by atoms with Crippen LogP contribution in [0.3, 0.4) is 0 Å². The number of hydrogen-bond donors (Lipinski definition) is 0. The summed E-state index contributed by atoms with van der Waals surface area (Å²) in [5.74, 6) is -2.08. The summed E-state index contributed by atoms with van der Waals surface area (Å²) in [6, 6.07) is 63.8. The van der Waals surface area contributed by atoms with Crippen LogP contribution in [0.1, 0.15) is 83.9 Å². The maximum absolute atomic E-state index is 7.63. The molecule has 0 bridgehead atoms. The number of rotatable bonds is 16. The van der Waals surface area contributed by atoms with Gasteiger partial charge in [0.2, 0.25) is 17.4 Å². The third-order valence-corrected chi connectivity index (χ3v) is 14.3. The summed E-state index contributed by atoms with van der Waals surface area (Å²) in [7, 11) is 3.33. The van der Waals surface area contributed by atoms with Crippen molar-refractivity contribution in [3.8, 4) is 17.2 Å². The summed E-state index contributed by atoms with van der Waals surface area (Å²) < 4.78 is 62.2. The largest absolute Gasteiger partial charge is 0.493 e. The van der Waals surface area contributed by atoms with Gasteiger partial charge in [-0.2, -0.15) is 0 Å². The highest BCUT2D eigenvalue weighted by atomic mass is 16.7. The predicted molar refractivity (Wildman–Crippen MR) is 285 cm³/mol. The number of fused-ring (bicyclic) bond motifs is 3. The first-order valence-electron chi connectivity index (χ1n) is 25.4. The van der Waals surface area contributed by atoms with Crippen molar-refractivity contribution in [2.24, 2.45) is 0 Å². The molecule has 73 heavy (non-hydrogen) atoms. The van der Waals surface area contributed by atoms with Crippen LogP contribution < -0.4 is 14.2 Å². The molecule has 2 fully saturated rings. The highest BCUT2D eigenvalue weighted by Gasteiger charge is 2.51. The van der Waals surface area contributed by atoms with Gasteiger partial charge in [-0.25, -0.2) is 0 Å². The molecule has 0 radical (unpaired) electrons. The van der Waals surface area contributed by atoms with Crippen molar-refractivity contribution in [1.82, 2.24) is 0 Å². The van der Waals surface area contributed by atoms with E-state index in [1.807, 2.05) is 106 Å². The van der Waals surface area contributed by atoms with E-state index in [9.17, 15) is 0 Å². The Balaban J connectivity index is 1.08. The average Bonchev–Trinajstić information content (AvgIpc) is 3.91. The molecule has 2 saturated heterocycles. The number of hydrogen-bond acceptors (Lipinski definition) is 9. The van der Waals surface area contributed by atoms with Crippen molar-refractivity contribution in [3.63, 3.8) is 0 Å². The van der Waals surface area contributed by atoms with Gasteiger partial charge < -0.3 is 42.6 Å². The lowest BCUT2D eigenvalue weighted by molar-refractivity contribution is -0.280. The van der Waals surface area contributed by atoms with Gasteiger partial charge in [0.15, 0.2) is 0 Å². The molecule has 0 N–H and O–H groups in total. The second-order valence-corrected chi connectivity index (χ2v) is 18.2. The maximum Gasteiger partial charge on any atom is 0.227 e. The van der Waals surface area contributed by atoms with Gasteiger partial charge in [0.25, 0.3) is 0 Å². The molecule has 11 rings (SSSR count). The molecular weight excluding hydrogens is 913 g/mol. The Morgan fingerprint density at radius 2 is 0.945 bits per heavy atom. The average molecular weight is 973 g/mol. The van der Waals surface area contributed by atoms with E-state index in [1.165, 1.54) is 0 Å². The van der Waals surface area contributed by atoms with Crippen molar-refractivity contribution >= 4 is 32.3 Å². The fourth-order valence-corrected chi connectivity index (χ4v) is 11.3. The highest BCUT2D eigenvalue weighted by molar-refractivity contribution is 5.94. The lowest BCUT2D eigenvalue weighted by atomic mass is 9.86. The topological polar surface area (TPSA) is 83.1 Å². The van der Waals surface area contributed by atoms with E-state index in [1.54, 1.807) is 14.2 Å². The Hall–Kier alpha value is -7.08. The SMILES string of the molecule is CCOc1ccc2ccccc2c1C1(c2ccccc2)OCCC(c2cc(OCC)c(C3(c4ccccc4)OCC(c4cc(OCC)c(C(OC)(OC)c5ccccc5)c5ccccc45)O3)c3ccccc23)O1. The molecule has 0 aromatic heterocycles. The normalized spacial score (nSPS) is 20.1. The van der Waals surface area contributed by atoms with E-state index in [0.717, 1.165) is 76.8 Å². The zero-order valence-corrected chi connectivity index (χ0v) is 42.0. The van der Waals surface area contributed by atoms with Crippen molar-refractivity contribution in [1.29, 1.82) is 0 Å². The zero-order valence-electron chi connectivity index (χ0n) is 42.0. The molecule has 9 nitrogen and oxygen atoms in total. The molecule has 0 spiro atoms. The second-order valence-electron chi connectivity index (χ2n) is 18.2. The van der Waals surface area contributed by atoms with Crippen molar-refractivity contribution in [2.45, 2.75) is 56.8 Å². The molecule has 9 aromatic carbocycles. The smallest absolute Gasteiger partial charge is 0.227 e. The van der Waals surface area contributed by atoms with Crippen LogP contribution in [0.5, 0.6) is 17.2 Å². The standard InChI is InChI=1S/C64H60O9/c1-6-67-55-37-36-43-24-18-19-31-47(43)59(55)63(45-27-14-10-15-28-45)70-39-38-54(72-63)52-40-57(69-8-3)61(51-35-23-20-32-48(51)52)64(46-29-16-11-17-30-46)71-42-58(73-64)53-41-56(68-7-2)60(50-34-22-21-33-49(50)53)62(65-4,66-5)44-25-12-9-13-26-44/h9-37,40-41,54,58H,6-8,38-39,42H2,1-5H3. The van der Waals surface area contributed by atoms with Gasteiger partial charge in [-0.05, 0) is 82.4 Å². The molecule has 2 heterocycles. The first kappa shape index (κ1) is 48.2. The van der Waals surface area contributed by atoms with E-state index < -0.39 is 29.6 Å². The van der Waals surface area contributed by atoms with Gasteiger partial charge >= 0.3 is 0 Å². The predicted octanol–water partition coefficient (Wildman–Crippen LogP) is 14.2. The Labute approximate surface area is 427 Å². The first-order chi connectivity index (χ1) is 35.9. The van der Waals surface area contributed by atoms with Crippen molar-refractivity contribution in [3.05, 3.63) is 233 Å². The second kappa shape index (κ2) is 20.4. The summed E-state index contributed by atoms with van der Waals surface area (Å²) >= 11 is 0. The van der Waals surface area contributed by atoms with Crippen LogP contribution in [0.15, 0.2) is 188 Å². The van der Waals surface area contributed by atoms with E-state index in [0.29, 0.717) is 50.1 Å². The third-order valence-electron chi connectivity index (χ3n) is 14.3. The molecular formula is C64H60O9. The van der Waals surface area contributed by atoms with E-state index >= 15 is 0 Å². The summed E-state index contributed by atoms with van der Waals surface area (Å²) in [5, 5.41) is 5.80. The van der Waals surface area contributed by atoms with Crippen molar-refractivity contribution in [2.75, 3.05) is 47.3 Å². The molecule has 9 aromatic rings. The Morgan fingerprint density at radius 1 is 0.466 bits per heavy atom. The lowest BCUT2D eigenvalue weighted by Gasteiger charge is -2.43. The van der Waals surface area contributed by atoms with Crippen LogP contribution in [0.4, 0.5) is 0 Å². The van der Waals surface area contributed by atoms with Gasteiger partial charge in [-0.3, -0.25) is 0 Å². The fourth-order valence-electron chi connectivity index (χ4n) is 11.3. The Morgan fingerprint density at radius 3 is 1.59 bits per heavy atom. The molecule has 9 heteroatoms. The van der Waals surface area contributed by atoms with Crippen LogP contribution in [-0.2, 0) is 45.8 Å². The fraction of sp³-hybridized carbons (Fsp3) is 0.250. The molecule has 4 atom stereocenters. The zero-order chi connectivity index (χ0) is 50.0. The summed E-state index contributed by atoms with van der Waals surface area (Å²) in [5.41, 5.74) is 6.76. The Kier molecular flexibility index (Phi) is 13.5. The van der Waals surface area contributed by atoms with Gasteiger partial charge in [-0.15, -0.1) is 0 Å². The molecule has 0 amide bonds. The van der Waals surface area contributed by atoms with Crippen LogP contribution in [0, 0.1) is 0 Å². The quantitative estimate of drug-likeness (QED) is 0.0879. The molecule has 0 aliphatic carbocycles. The minimum atomic E-state index is -1.42. The molecule has 370 valence electrons. The summed E-state index contributed by atoms with van der Waals surface area (Å²) in [4.78, 5) is 0. The van der Waals surface area contributed by atoms with E-state index in [4.69, 9.17) is 42.6 Å². The van der Waals surface area contributed by atoms with E-state index in [-0.39, 0.29) is 6.61 Å². The summed E-state index contributed by atoms with van der Waals surface area (Å²) in [6.45, 7) is 7.90. The van der Waals surface area contributed by atoms with Gasteiger partial charge in [0.05, 0.1) is 55.8 Å².